The molecule has 0 aliphatic rings. The molecule has 4 nitrogen and oxygen atoms in total. The number of pyridine rings is 1. The van der Waals surface area contributed by atoms with E-state index in [-0.39, 0.29) is 5.69 Å². The first kappa shape index (κ1) is 20.3. The Morgan fingerprint density at radius 3 is 2.57 bits per heavy atom. The van der Waals surface area contributed by atoms with E-state index in [4.69, 9.17) is 0 Å². The molecule has 0 saturated heterocycles. The predicted octanol–water partition coefficient (Wildman–Crippen LogP) is 6.23. The number of aryl methyl sites for hydroxylation is 1. The lowest BCUT2D eigenvalue weighted by atomic mass is 10.0. The van der Waals surface area contributed by atoms with Gasteiger partial charge in [0, 0.05) is 11.8 Å². The second-order valence-corrected chi connectivity index (χ2v) is 7.88. The number of nitrogens with zero attached hydrogens (tertiary/aromatic N) is 2. The Morgan fingerprint density at radius 1 is 1.07 bits per heavy atom. The zero-order valence-corrected chi connectivity index (χ0v) is 17.0. The summed E-state index contributed by atoms with van der Waals surface area (Å²) in [6.07, 6.45) is 11.5. The van der Waals surface area contributed by atoms with Gasteiger partial charge < -0.3 is 10.5 Å². The number of benzene rings is 1. The summed E-state index contributed by atoms with van der Waals surface area (Å²) in [6.45, 7) is 2.24. The van der Waals surface area contributed by atoms with Crippen LogP contribution in [-0.4, -0.2) is 4.98 Å². The van der Waals surface area contributed by atoms with E-state index in [1.165, 1.54) is 56.5 Å². The van der Waals surface area contributed by atoms with Gasteiger partial charge in [-0.25, -0.2) is 4.98 Å². The molecule has 0 radical (unpaired) electrons. The predicted molar refractivity (Wildman–Crippen MR) is 113 cm³/mol. The molecule has 1 aromatic carbocycles. The van der Waals surface area contributed by atoms with Gasteiger partial charge >= 0.3 is 0 Å². The number of hydrogen-bond donors (Lipinski definition) is 1. The molecule has 1 N–H and O–H groups in total. The van der Waals surface area contributed by atoms with E-state index in [9.17, 15) is 9.60 Å². The standard InChI is InChI=1S/C22H26FN3OS/c1-2-3-4-5-6-7-9-17-11-13-19(14-12-17)24-22-25-20(21(23)28-22)18-10-8-15-26(27)16-18/h8,10-16H,2-7,9H2,1H3,(H,24,25). The number of anilines is 2. The molecule has 0 atom stereocenters. The Labute approximate surface area is 169 Å². The normalized spacial score (nSPS) is 10.9. The second kappa shape index (κ2) is 10.2. The maximum Gasteiger partial charge on any atom is 0.206 e. The van der Waals surface area contributed by atoms with Crippen molar-refractivity contribution in [2.24, 2.45) is 0 Å². The molecule has 0 aliphatic heterocycles. The SMILES string of the molecule is CCCCCCCCc1ccc(Nc2nc(-c3ccc[n+]([O-])c3)c(F)s2)cc1. The van der Waals surface area contributed by atoms with E-state index in [2.05, 4.69) is 29.4 Å². The molecule has 0 aliphatic carbocycles. The topological polar surface area (TPSA) is 51.9 Å². The number of unbranched alkanes of at least 4 members (excludes halogenated alkanes) is 5. The van der Waals surface area contributed by atoms with Gasteiger partial charge in [0.25, 0.3) is 0 Å². The molecule has 0 saturated carbocycles. The zero-order chi connectivity index (χ0) is 19.8. The summed E-state index contributed by atoms with van der Waals surface area (Å²) in [7, 11) is 0. The van der Waals surface area contributed by atoms with Crippen LogP contribution in [0.3, 0.4) is 0 Å². The van der Waals surface area contributed by atoms with E-state index in [1.54, 1.807) is 12.1 Å². The minimum Gasteiger partial charge on any atom is -0.619 e. The summed E-state index contributed by atoms with van der Waals surface area (Å²) in [5.41, 5.74) is 2.85. The molecule has 0 spiro atoms. The van der Waals surface area contributed by atoms with Crippen molar-refractivity contribution in [3.8, 4) is 11.3 Å². The van der Waals surface area contributed by atoms with Gasteiger partial charge in [-0.2, -0.15) is 9.12 Å². The monoisotopic (exact) mass is 399 g/mol. The highest BCUT2D eigenvalue weighted by Gasteiger charge is 2.15. The van der Waals surface area contributed by atoms with Crippen LogP contribution in [0.5, 0.6) is 0 Å². The van der Waals surface area contributed by atoms with Crippen LogP contribution in [-0.2, 0) is 6.42 Å². The third kappa shape index (κ3) is 5.76. The third-order valence-corrected chi connectivity index (χ3v) is 5.42. The summed E-state index contributed by atoms with van der Waals surface area (Å²) in [5.74, 6) is 0. The molecule has 0 amide bonds. The largest absolute Gasteiger partial charge is 0.619 e. The van der Waals surface area contributed by atoms with Crippen molar-refractivity contribution in [2.75, 3.05) is 5.32 Å². The summed E-state index contributed by atoms with van der Waals surface area (Å²) >= 11 is 0.937. The van der Waals surface area contributed by atoms with Gasteiger partial charge in [-0.15, -0.1) is 0 Å². The van der Waals surface area contributed by atoms with Gasteiger partial charge in [0.2, 0.25) is 5.13 Å². The number of aromatic nitrogens is 2. The maximum atomic E-state index is 14.2. The molecule has 6 heteroatoms. The Bertz CT molecular complexity index is 880. The maximum absolute atomic E-state index is 14.2. The summed E-state index contributed by atoms with van der Waals surface area (Å²) in [6, 6.07) is 11.5. The van der Waals surface area contributed by atoms with Gasteiger partial charge in [-0.05, 0) is 36.6 Å². The van der Waals surface area contributed by atoms with Crippen molar-refractivity contribution < 1.29 is 9.12 Å². The van der Waals surface area contributed by atoms with E-state index in [0.717, 1.165) is 23.4 Å². The fourth-order valence-corrected chi connectivity index (χ4v) is 3.85. The van der Waals surface area contributed by atoms with Crippen LogP contribution in [0.2, 0.25) is 0 Å². The fraction of sp³-hybridized carbons (Fsp3) is 0.364. The van der Waals surface area contributed by atoms with Gasteiger partial charge in [0.15, 0.2) is 17.5 Å². The molecule has 148 valence electrons. The van der Waals surface area contributed by atoms with Gasteiger partial charge in [-0.3, -0.25) is 0 Å². The number of rotatable bonds is 10. The van der Waals surface area contributed by atoms with E-state index >= 15 is 0 Å². The minimum atomic E-state index is -0.409. The van der Waals surface area contributed by atoms with Crippen LogP contribution < -0.4 is 10.0 Å². The Kier molecular flexibility index (Phi) is 7.37. The smallest absolute Gasteiger partial charge is 0.206 e. The quantitative estimate of drug-likeness (QED) is 0.250. The molecule has 0 bridgehead atoms. The van der Waals surface area contributed by atoms with Crippen LogP contribution in [0.1, 0.15) is 51.0 Å². The molecule has 28 heavy (non-hydrogen) atoms. The van der Waals surface area contributed by atoms with Crippen molar-refractivity contribution in [1.82, 2.24) is 4.98 Å². The lowest BCUT2D eigenvalue weighted by Gasteiger charge is -2.05. The van der Waals surface area contributed by atoms with E-state index < -0.39 is 5.13 Å². The fourth-order valence-electron chi connectivity index (χ4n) is 3.12. The highest BCUT2D eigenvalue weighted by atomic mass is 32.1. The number of nitrogens with one attached hydrogen (secondary N) is 1. The molecule has 3 rings (SSSR count). The van der Waals surface area contributed by atoms with E-state index in [0.29, 0.717) is 15.4 Å². The summed E-state index contributed by atoms with van der Waals surface area (Å²) in [5, 5.41) is 14.6. The van der Waals surface area contributed by atoms with Crippen LogP contribution in [0.25, 0.3) is 11.3 Å². The Morgan fingerprint density at radius 2 is 1.82 bits per heavy atom. The van der Waals surface area contributed by atoms with E-state index in [1.807, 2.05) is 12.1 Å². The minimum absolute atomic E-state index is 0.192. The van der Waals surface area contributed by atoms with Gasteiger partial charge in [0.05, 0.1) is 5.56 Å². The average molecular weight is 400 g/mol. The van der Waals surface area contributed by atoms with Gasteiger partial charge in [-0.1, -0.05) is 62.5 Å². The molecular formula is C22H26FN3OS. The molecule has 2 aromatic heterocycles. The average Bonchev–Trinajstić information content (AvgIpc) is 3.06. The van der Waals surface area contributed by atoms with Crippen LogP contribution in [0.15, 0.2) is 48.8 Å². The lowest BCUT2D eigenvalue weighted by Crippen LogP contribution is -2.24. The lowest BCUT2D eigenvalue weighted by molar-refractivity contribution is -0.604. The molecular weight excluding hydrogens is 373 g/mol. The first-order valence-electron chi connectivity index (χ1n) is 9.87. The van der Waals surface area contributed by atoms with Gasteiger partial charge in [0.1, 0.15) is 5.69 Å². The van der Waals surface area contributed by atoms with Crippen LogP contribution >= 0.6 is 11.3 Å². The second-order valence-electron chi connectivity index (χ2n) is 6.93. The first-order valence-corrected chi connectivity index (χ1v) is 10.7. The summed E-state index contributed by atoms with van der Waals surface area (Å²) in [4.78, 5) is 4.30. The molecule has 0 fully saturated rings. The van der Waals surface area contributed by atoms with Crippen molar-refractivity contribution >= 4 is 22.2 Å². The van der Waals surface area contributed by atoms with Crippen LogP contribution in [0, 0.1) is 10.3 Å². The highest BCUT2D eigenvalue weighted by molar-refractivity contribution is 7.14. The highest BCUT2D eigenvalue weighted by Crippen LogP contribution is 2.30. The Hall–Kier alpha value is -2.47. The third-order valence-electron chi connectivity index (χ3n) is 4.66. The molecule has 2 heterocycles. The van der Waals surface area contributed by atoms with Crippen LogP contribution in [0.4, 0.5) is 15.2 Å². The first-order chi connectivity index (χ1) is 13.7. The summed E-state index contributed by atoms with van der Waals surface area (Å²) < 4.78 is 14.9. The van der Waals surface area contributed by atoms with Crippen molar-refractivity contribution in [3.63, 3.8) is 0 Å². The van der Waals surface area contributed by atoms with Crippen molar-refractivity contribution in [3.05, 3.63) is 64.7 Å². The Balaban J connectivity index is 1.55. The number of thiazole rings is 1. The molecule has 0 unspecified atom stereocenters. The van der Waals surface area contributed by atoms with Crippen molar-refractivity contribution in [1.29, 1.82) is 0 Å². The number of halogens is 1. The van der Waals surface area contributed by atoms with Crippen molar-refractivity contribution in [2.45, 2.75) is 51.9 Å². The number of hydrogen-bond acceptors (Lipinski definition) is 4. The zero-order valence-electron chi connectivity index (χ0n) is 16.2. The molecule has 3 aromatic rings.